The van der Waals surface area contributed by atoms with Crippen molar-refractivity contribution in [1.82, 2.24) is 9.80 Å². The molecule has 0 spiro atoms. The molecule has 33 heavy (non-hydrogen) atoms. The molecule has 1 saturated heterocycles. The predicted octanol–water partition coefficient (Wildman–Crippen LogP) is 3.40. The molecule has 1 fully saturated rings. The first-order chi connectivity index (χ1) is 15.9. The molecule has 0 saturated carbocycles. The van der Waals surface area contributed by atoms with E-state index in [2.05, 4.69) is 16.7 Å². The fraction of sp³-hybridized carbons (Fsp3) is 0.385. The molecular formula is C26H31N3O4. The number of carbonyl (C=O) groups excluding carboxylic acids is 2. The monoisotopic (exact) mass is 449 g/mol. The van der Waals surface area contributed by atoms with Gasteiger partial charge in [-0.1, -0.05) is 31.2 Å². The van der Waals surface area contributed by atoms with Crippen molar-refractivity contribution in [2.45, 2.75) is 26.9 Å². The van der Waals surface area contributed by atoms with Crippen molar-refractivity contribution in [3.05, 3.63) is 59.8 Å². The van der Waals surface area contributed by atoms with E-state index in [1.54, 1.807) is 18.2 Å². The molecule has 0 atom stereocenters. The number of nitrogens with zero attached hydrogens (tertiary/aromatic N) is 3. The van der Waals surface area contributed by atoms with Gasteiger partial charge in [0.1, 0.15) is 17.2 Å². The normalized spacial score (nSPS) is 17.4. The average molecular weight is 450 g/mol. The molecule has 0 aromatic heterocycles. The summed E-state index contributed by atoms with van der Waals surface area (Å²) < 4.78 is 11.2. The van der Waals surface area contributed by atoms with Crippen molar-refractivity contribution < 1.29 is 19.1 Å². The first-order valence-corrected chi connectivity index (χ1v) is 11.4. The minimum atomic E-state index is -0.338. The SMILES string of the molecule is CCN1CCN(C2=C(c3ccc(OC(C)C)cc3)C(=O)N(c3ccccc3OC)C2=O)CC1. The van der Waals surface area contributed by atoms with Gasteiger partial charge in [-0.3, -0.25) is 9.59 Å². The highest BCUT2D eigenvalue weighted by Crippen LogP contribution is 2.39. The lowest BCUT2D eigenvalue weighted by Crippen LogP contribution is -2.47. The number of carbonyl (C=O) groups is 2. The number of amides is 2. The first-order valence-electron chi connectivity index (χ1n) is 11.4. The topological polar surface area (TPSA) is 62.3 Å². The number of likely N-dealkylation sites (N-methyl/N-ethyl adjacent to an activating group) is 1. The van der Waals surface area contributed by atoms with E-state index in [0.29, 0.717) is 41.4 Å². The first kappa shape index (κ1) is 22.9. The molecule has 4 rings (SSSR count). The van der Waals surface area contributed by atoms with Gasteiger partial charge in [-0.2, -0.15) is 0 Å². The molecule has 174 valence electrons. The molecular weight excluding hydrogens is 418 g/mol. The maximum absolute atomic E-state index is 13.7. The molecule has 2 heterocycles. The van der Waals surface area contributed by atoms with Gasteiger partial charge in [-0.15, -0.1) is 0 Å². The maximum Gasteiger partial charge on any atom is 0.282 e. The number of imide groups is 1. The van der Waals surface area contributed by atoms with Crippen LogP contribution in [0.1, 0.15) is 26.3 Å². The summed E-state index contributed by atoms with van der Waals surface area (Å²) in [6, 6.07) is 14.5. The highest BCUT2D eigenvalue weighted by molar-refractivity contribution is 6.45. The third kappa shape index (κ3) is 4.46. The van der Waals surface area contributed by atoms with Crippen LogP contribution in [0.25, 0.3) is 5.57 Å². The van der Waals surface area contributed by atoms with Crippen LogP contribution in [-0.4, -0.2) is 67.6 Å². The number of rotatable bonds is 7. The van der Waals surface area contributed by atoms with Gasteiger partial charge in [0, 0.05) is 26.2 Å². The van der Waals surface area contributed by atoms with Crippen LogP contribution in [0.2, 0.25) is 0 Å². The van der Waals surface area contributed by atoms with Gasteiger partial charge in [0.15, 0.2) is 0 Å². The third-order valence-electron chi connectivity index (χ3n) is 6.04. The van der Waals surface area contributed by atoms with Crippen molar-refractivity contribution in [2.75, 3.05) is 44.7 Å². The smallest absolute Gasteiger partial charge is 0.282 e. The molecule has 0 radical (unpaired) electrons. The second kappa shape index (κ2) is 9.67. The Morgan fingerprint density at radius 1 is 0.909 bits per heavy atom. The van der Waals surface area contributed by atoms with E-state index >= 15 is 0 Å². The summed E-state index contributed by atoms with van der Waals surface area (Å²) in [7, 11) is 1.54. The molecule has 2 aliphatic rings. The Balaban J connectivity index is 1.76. The predicted molar refractivity (Wildman–Crippen MR) is 128 cm³/mol. The quantitative estimate of drug-likeness (QED) is 0.604. The molecule has 7 heteroatoms. The number of hydrogen-bond acceptors (Lipinski definition) is 6. The summed E-state index contributed by atoms with van der Waals surface area (Å²) in [5.41, 5.74) is 2.04. The van der Waals surface area contributed by atoms with Crippen molar-refractivity contribution >= 4 is 23.1 Å². The second-order valence-electron chi connectivity index (χ2n) is 8.45. The number of para-hydroxylation sites is 2. The molecule has 0 unspecified atom stereocenters. The minimum absolute atomic E-state index is 0.0521. The Bertz CT molecular complexity index is 1050. The van der Waals surface area contributed by atoms with E-state index in [1.807, 2.05) is 44.2 Å². The number of ether oxygens (including phenoxy) is 2. The van der Waals surface area contributed by atoms with E-state index in [-0.39, 0.29) is 17.9 Å². The summed E-state index contributed by atoms with van der Waals surface area (Å²) in [5.74, 6) is 0.559. The highest BCUT2D eigenvalue weighted by Gasteiger charge is 2.43. The van der Waals surface area contributed by atoms with E-state index in [4.69, 9.17) is 9.47 Å². The van der Waals surface area contributed by atoms with Gasteiger partial charge in [-0.25, -0.2) is 4.90 Å². The molecule has 2 amide bonds. The molecule has 2 aliphatic heterocycles. The van der Waals surface area contributed by atoms with Gasteiger partial charge in [-0.05, 0) is 50.2 Å². The second-order valence-corrected chi connectivity index (χ2v) is 8.45. The Hall–Kier alpha value is -3.32. The summed E-state index contributed by atoms with van der Waals surface area (Å²) in [6.07, 6.45) is 0.0521. The fourth-order valence-corrected chi connectivity index (χ4v) is 4.37. The van der Waals surface area contributed by atoms with E-state index in [0.717, 1.165) is 25.4 Å². The molecule has 2 aromatic carbocycles. The van der Waals surface area contributed by atoms with Gasteiger partial charge >= 0.3 is 0 Å². The van der Waals surface area contributed by atoms with E-state index < -0.39 is 0 Å². The number of piperazine rings is 1. The lowest BCUT2D eigenvalue weighted by Gasteiger charge is -2.36. The molecule has 0 N–H and O–H groups in total. The number of hydrogen-bond donors (Lipinski definition) is 0. The van der Waals surface area contributed by atoms with E-state index in [9.17, 15) is 9.59 Å². The van der Waals surface area contributed by atoms with Crippen LogP contribution in [0, 0.1) is 0 Å². The highest BCUT2D eigenvalue weighted by atomic mass is 16.5. The van der Waals surface area contributed by atoms with Crippen molar-refractivity contribution in [2.24, 2.45) is 0 Å². The van der Waals surface area contributed by atoms with Crippen molar-refractivity contribution in [1.29, 1.82) is 0 Å². The van der Waals surface area contributed by atoms with Crippen LogP contribution in [0.5, 0.6) is 11.5 Å². The van der Waals surface area contributed by atoms with Gasteiger partial charge < -0.3 is 19.3 Å². The average Bonchev–Trinajstić information content (AvgIpc) is 3.09. The standard InChI is InChI=1S/C26H31N3O4/c1-5-27-14-16-28(17-15-27)24-23(19-10-12-20(13-11-19)33-18(2)3)25(30)29(26(24)31)21-8-6-7-9-22(21)32-4/h6-13,18H,5,14-17H2,1-4H3. The minimum Gasteiger partial charge on any atom is -0.495 e. The zero-order valence-electron chi connectivity index (χ0n) is 19.7. The van der Waals surface area contributed by atoms with Crippen LogP contribution >= 0.6 is 0 Å². The Labute approximate surface area is 195 Å². The Kier molecular flexibility index (Phi) is 6.70. The van der Waals surface area contributed by atoms with Gasteiger partial charge in [0.25, 0.3) is 11.8 Å². The lowest BCUT2D eigenvalue weighted by atomic mass is 10.0. The zero-order valence-corrected chi connectivity index (χ0v) is 19.7. The van der Waals surface area contributed by atoms with Crippen LogP contribution in [-0.2, 0) is 9.59 Å². The maximum atomic E-state index is 13.7. The van der Waals surface area contributed by atoms with Gasteiger partial charge in [0.05, 0.1) is 24.5 Å². The molecule has 2 aromatic rings. The van der Waals surface area contributed by atoms with Gasteiger partial charge in [0.2, 0.25) is 0 Å². The number of methoxy groups -OCH3 is 1. The molecule has 0 bridgehead atoms. The van der Waals surface area contributed by atoms with Crippen molar-refractivity contribution in [3.63, 3.8) is 0 Å². The number of anilines is 1. The van der Waals surface area contributed by atoms with E-state index in [1.165, 1.54) is 12.0 Å². The number of benzene rings is 2. The zero-order chi connectivity index (χ0) is 23.5. The summed E-state index contributed by atoms with van der Waals surface area (Å²) in [6.45, 7) is 10.1. The van der Waals surface area contributed by atoms with Crippen LogP contribution in [0.3, 0.4) is 0 Å². The Morgan fingerprint density at radius 2 is 1.58 bits per heavy atom. The summed E-state index contributed by atoms with van der Waals surface area (Å²) >= 11 is 0. The van der Waals surface area contributed by atoms with Crippen LogP contribution < -0.4 is 14.4 Å². The summed E-state index contributed by atoms with van der Waals surface area (Å²) in [4.78, 5) is 33.1. The molecule has 7 nitrogen and oxygen atoms in total. The van der Waals surface area contributed by atoms with Crippen LogP contribution in [0.4, 0.5) is 5.69 Å². The molecule has 0 aliphatic carbocycles. The third-order valence-corrected chi connectivity index (χ3v) is 6.04. The van der Waals surface area contributed by atoms with Crippen molar-refractivity contribution in [3.8, 4) is 11.5 Å². The van der Waals surface area contributed by atoms with Crippen LogP contribution in [0.15, 0.2) is 54.2 Å². The lowest BCUT2D eigenvalue weighted by molar-refractivity contribution is -0.120. The summed E-state index contributed by atoms with van der Waals surface area (Å²) in [5, 5.41) is 0. The largest absolute Gasteiger partial charge is 0.495 e. The fourth-order valence-electron chi connectivity index (χ4n) is 4.37. The Morgan fingerprint density at radius 3 is 2.18 bits per heavy atom.